The van der Waals surface area contributed by atoms with Gasteiger partial charge in [-0.15, -0.1) is 0 Å². The molecule has 3 aliphatic carbocycles. The fourth-order valence-electron chi connectivity index (χ4n) is 10.3. The van der Waals surface area contributed by atoms with Crippen LogP contribution in [-0.4, -0.2) is 105 Å². The third-order valence-electron chi connectivity index (χ3n) is 13.2. The molecule has 0 aromatic heterocycles. The number of nitrogens with one attached hydrogen (secondary N) is 1. The summed E-state index contributed by atoms with van der Waals surface area (Å²) in [6.45, 7) is 13.5. The number of ketones is 2. The number of hydrogen-bond acceptors (Lipinski definition) is 14. The van der Waals surface area contributed by atoms with Crippen LogP contribution in [0.15, 0.2) is 71.8 Å². The van der Waals surface area contributed by atoms with Gasteiger partial charge in [-0.05, 0) is 70.4 Å². The van der Waals surface area contributed by atoms with Gasteiger partial charge in [0.2, 0.25) is 0 Å². The number of Topliss-reactive ketones (excluding diaryl/α,β-unsaturated/α-hetero) is 2. The van der Waals surface area contributed by atoms with Crippen molar-refractivity contribution in [2.45, 2.75) is 135 Å². The van der Waals surface area contributed by atoms with Crippen LogP contribution in [-0.2, 0) is 42.9 Å². The Morgan fingerprint density at radius 2 is 1.56 bits per heavy atom. The zero-order valence-corrected chi connectivity index (χ0v) is 36.1. The van der Waals surface area contributed by atoms with Crippen LogP contribution in [0.5, 0.6) is 0 Å². The Kier molecular flexibility index (Phi) is 12.2. The summed E-state index contributed by atoms with van der Waals surface area (Å²) in [5.74, 6) is -6.72. The second kappa shape index (κ2) is 16.4. The minimum Gasteiger partial charge on any atom is -0.456 e. The molecule has 3 fully saturated rings. The van der Waals surface area contributed by atoms with Gasteiger partial charge in [-0.25, -0.2) is 14.4 Å². The molecule has 1 unspecified atom stereocenters. The van der Waals surface area contributed by atoms with E-state index in [1.165, 1.54) is 32.9 Å². The highest BCUT2D eigenvalue weighted by Gasteiger charge is 2.78. The minimum atomic E-state index is -2.32. The van der Waals surface area contributed by atoms with Crippen LogP contribution in [0.4, 0.5) is 4.79 Å². The molecule has 11 atom stereocenters. The Morgan fingerprint density at radius 3 is 2.10 bits per heavy atom. The molecule has 2 saturated carbocycles. The SMILES string of the molecule is CC(=O)C[C@H]1C(=O)[C@]2(C)[C@@H](O)C[C@H]3OCC3(OC(C)=O)[C@@H]2[C@H](OC(=O)c2ccccc2)[C@]2(O)C[C@@H](OC(=O)[C@H](O)[C@@H](NC(=O)OC(C)(C)C)c3ccccc3)C(C)=C1C2(C)C. The predicted molar refractivity (Wildman–Crippen MR) is 216 cm³/mol. The van der Waals surface area contributed by atoms with Gasteiger partial charge in [0.1, 0.15) is 41.1 Å². The van der Waals surface area contributed by atoms with Crippen LogP contribution in [0, 0.1) is 22.7 Å². The van der Waals surface area contributed by atoms with E-state index < -0.39 is 118 Å². The zero-order chi connectivity index (χ0) is 45.0. The van der Waals surface area contributed by atoms with Gasteiger partial charge in [0.25, 0.3) is 0 Å². The number of carbonyl (C=O) groups is 6. The summed E-state index contributed by atoms with van der Waals surface area (Å²) < 4.78 is 29.9. The van der Waals surface area contributed by atoms with E-state index in [1.54, 1.807) is 90.1 Å². The van der Waals surface area contributed by atoms with Crippen molar-refractivity contribution in [1.29, 1.82) is 0 Å². The van der Waals surface area contributed by atoms with Crippen LogP contribution < -0.4 is 5.32 Å². The lowest BCUT2D eigenvalue weighted by Crippen LogP contribution is -2.81. The van der Waals surface area contributed by atoms with Crippen molar-refractivity contribution in [2.75, 3.05) is 6.61 Å². The predicted octanol–water partition coefficient (Wildman–Crippen LogP) is 4.49. The first kappa shape index (κ1) is 45.6. The van der Waals surface area contributed by atoms with E-state index in [1.807, 2.05) is 0 Å². The number of fused-ring (bicyclic) bond motifs is 5. The fraction of sp³-hybridized carbons (Fsp3) is 0.565. The molecule has 1 heterocycles. The number of carbonyl (C=O) groups excluding carboxylic acids is 6. The summed E-state index contributed by atoms with van der Waals surface area (Å²) in [6.07, 6.45) is -9.68. The molecular weight excluding hydrogens is 790 g/mol. The number of aliphatic hydroxyl groups excluding tert-OH is 2. The molecule has 61 heavy (non-hydrogen) atoms. The van der Waals surface area contributed by atoms with Gasteiger partial charge in [0.05, 0.1) is 35.6 Å². The Labute approximate surface area is 355 Å². The lowest BCUT2D eigenvalue weighted by atomic mass is 9.43. The molecule has 2 bridgehead atoms. The van der Waals surface area contributed by atoms with E-state index in [9.17, 15) is 39.3 Å². The molecule has 6 rings (SSSR count). The van der Waals surface area contributed by atoms with Crippen LogP contribution in [0.1, 0.15) is 104 Å². The molecule has 2 aromatic carbocycles. The average Bonchev–Trinajstić information content (AvgIpc) is 3.17. The van der Waals surface area contributed by atoms with E-state index in [2.05, 4.69) is 5.32 Å². The number of rotatable bonds is 10. The number of hydrogen-bond donors (Lipinski definition) is 4. The Balaban J connectivity index is 1.54. The highest BCUT2D eigenvalue weighted by Crippen LogP contribution is 2.65. The van der Waals surface area contributed by atoms with Gasteiger partial charge >= 0.3 is 24.0 Å². The van der Waals surface area contributed by atoms with Crippen molar-refractivity contribution in [2.24, 2.45) is 22.7 Å². The molecule has 4 aliphatic rings. The number of esters is 3. The second-order valence-corrected chi connectivity index (χ2v) is 18.6. The molecule has 2 aromatic rings. The maximum Gasteiger partial charge on any atom is 0.408 e. The largest absolute Gasteiger partial charge is 0.456 e. The van der Waals surface area contributed by atoms with Crippen molar-refractivity contribution in [1.82, 2.24) is 5.32 Å². The van der Waals surface area contributed by atoms with Crippen LogP contribution in [0.25, 0.3) is 0 Å². The van der Waals surface area contributed by atoms with Crippen LogP contribution in [0.2, 0.25) is 0 Å². The Bertz CT molecular complexity index is 2090. The molecule has 1 saturated heterocycles. The third kappa shape index (κ3) is 8.01. The summed E-state index contributed by atoms with van der Waals surface area (Å²) in [5, 5.41) is 40.0. The summed E-state index contributed by atoms with van der Waals surface area (Å²) in [4.78, 5) is 83.3. The maximum atomic E-state index is 15.6. The van der Waals surface area contributed by atoms with Gasteiger partial charge < -0.3 is 44.3 Å². The average molecular weight is 848 g/mol. The highest BCUT2D eigenvalue weighted by atomic mass is 16.6. The Hall–Kier alpha value is -4.96. The molecule has 1 aliphatic heterocycles. The van der Waals surface area contributed by atoms with Gasteiger partial charge in [0.15, 0.2) is 11.7 Å². The normalized spacial score (nSPS) is 32.6. The monoisotopic (exact) mass is 847 g/mol. The molecular formula is C46H57NO14. The summed E-state index contributed by atoms with van der Waals surface area (Å²) in [7, 11) is 0. The first-order valence-electron chi connectivity index (χ1n) is 20.5. The van der Waals surface area contributed by atoms with E-state index in [-0.39, 0.29) is 36.2 Å². The number of amides is 1. The molecule has 330 valence electrons. The summed E-state index contributed by atoms with van der Waals surface area (Å²) in [6, 6.07) is 14.7. The van der Waals surface area contributed by atoms with E-state index in [0.29, 0.717) is 5.56 Å². The first-order chi connectivity index (χ1) is 28.4. The molecule has 1 amide bonds. The van der Waals surface area contributed by atoms with Gasteiger partial charge in [-0.2, -0.15) is 0 Å². The summed E-state index contributed by atoms with van der Waals surface area (Å²) in [5.41, 5.74) is -7.51. The van der Waals surface area contributed by atoms with Crippen molar-refractivity contribution >= 4 is 35.6 Å². The van der Waals surface area contributed by atoms with Gasteiger partial charge in [-0.3, -0.25) is 14.4 Å². The van der Waals surface area contributed by atoms with E-state index in [0.717, 1.165) is 0 Å². The number of benzene rings is 2. The molecule has 15 heteroatoms. The van der Waals surface area contributed by atoms with Gasteiger partial charge in [-0.1, -0.05) is 62.4 Å². The minimum absolute atomic E-state index is 0.0889. The van der Waals surface area contributed by atoms with E-state index in [4.69, 9.17) is 23.7 Å². The lowest BCUT2D eigenvalue weighted by Gasteiger charge is -2.67. The van der Waals surface area contributed by atoms with Crippen molar-refractivity contribution in [3.63, 3.8) is 0 Å². The number of alkyl carbamates (subject to hydrolysis) is 1. The van der Waals surface area contributed by atoms with Crippen LogP contribution in [0.3, 0.4) is 0 Å². The van der Waals surface area contributed by atoms with Gasteiger partial charge in [0, 0.05) is 37.5 Å². The standard InChI is InChI=1S/C46H57NO14/c1-24(48)20-29-33-25(2)30(58-40(54)35(51)34(27-16-12-10-13-17-27)47-41(55)61-42(4,5)6)22-46(56,43(33,7)8)38(59-39(53)28-18-14-11-15-19-28)36-44(9,37(29)52)31(50)21-32-45(36,23-57-32)60-26(3)49/h10-19,29-32,34-36,38,50-51,56H,20-23H2,1-9H3,(H,47,55)/t29-,30-,31+,32-,34+,35-,36-,38+,44-,45?,46-/m1/s1. The highest BCUT2D eigenvalue weighted by molar-refractivity contribution is 5.95. The third-order valence-corrected chi connectivity index (χ3v) is 13.2. The number of aliphatic hydroxyl groups is 3. The fourth-order valence-corrected chi connectivity index (χ4v) is 10.3. The molecule has 15 nitrogen and oxygen atoms in total. The second-order valence-electron chi connectivity index (χ2n) is 18.6. The molecule has 0 radical (unpaired) electrons. The van der Waals surface area contributed by atoms with Crippen molar-refractivity contribution in [3.05, 3.63) is 82.9 Å². The molecule has 4 N–H and O–H groups in total. The Morgan fingerprint density at radius 1 is 0.951 bits per heavy atom. The topological polar surface area (TPSA) is 221 Å². The maximum absolute atomic E-state index is 15.6. The van der Waals surface area contributed by atoms with Crippen LogP contribution >= 0.6 is 0 Å². The van der Waals surface area contributed by atoms with Crippen molar-refractivity contribution < 1.29 is 67.8 Å². The quantitative estimate of drug-likeness (QED) is 0.147. The smallest absolute Gasteiger partial charge is 0.408 e. The van der Waals surface area contributed by atoms with E-state index >= 15 is 4.79 Å². The number of ether oxygens (including phenoxy) is 5. The lowest BCUT2D eigenvalue weighted by molar-refractivity contribution is -0.345. The zero-order valence-electron chi connectivity index (χ0n) is 36.1. The molecule has 0 spiro atoms. The summed E-state index contributed by atoms with van der Waals surface area (Å²) >= 11 is 0. The first-order valence-corrected chi connectivity index (χ1v) is 20.5. The van der Waals surface area contributed by atoms with Crippen molar-refractivity contribution in [3.8, 4) is 0 Å².